The number of aliphatic imine (C=N–C) groups is 1. The Bertz CT molecular complexity index is 829. The Morgan fingerprint density at radius 3 is 2.48 bits per heavy atom. The van der Waals surface area contributed by atoms with Gasteiger partial charge in [-0.25, -0.2) is 13.1 Å². The molecule has 0 saturated heterocycles. The highest BCUT2D eigenvalue weighted by molar-refractivity contribution is 7.88. The molecule has 1 heterocycles. The van der Waals surface area contributed by atoms with E-state index in [1.807, 2.05) is 24.3 Å². The highest BCUT2D eigenvalue weighted by Gasteiger charge is 2.09. The summed E-state index contributed by atoms with van der Waals surface area (Å²) in [5, 5.41) is 6.52. The third-order valence-corrected chi connectivity index (χ3v) is 5.90. The van der Waals surface area contributed by atoms with Crippen LogP contribution in [-0.2, 0) is 28.9 Å². The minimum Gasteiger partial charge on any atom is -0.352 e. The van der Waals surface area contributed by atoms with Crippen molar-refractivity contribution in [3.8, 4) is 0 Å². The normalized spacial score (nSPS) is 12.2. The maximum Gasteiger partial charge on any atom is 0.215 e. The van der Waals surface area contributed by atoms with E-state index in [0.717, 1.165) is 17.7 Å². The lowest BCUT2D eigenvalue weighted by atomic mass is 10.1. The van der Waals surface area contributed by atoms with Gasteiger partial charge in [0, 0.05) is 23.3 Å². The highest BCUT2D eigenvalue weighted by Crippen LogP contribution is 2.14. The van der Waals surface area contributed by atoms with Crippen molar-refractivity contribution in [2.45, 2.75) is 25.8 Å². The van der Waals surface area contributed by atoms with Crippen molar-refractivity contribution in [1.82, 2.24) is 15.4 Å². The molecule has 0 atom stereocenters. The summed E-state index contributed by atoms with van der Waals surface area (Å²) in [7, 11) is -0.119. The number of guanidine groups is 1. The summed E-state index contributed by atoms with van der Waals surface area (Å²) in [4.78, 5) is 6.75. The third-order valence-electron chi connectivity index (χ3n) is 3.57. The van der Waals surface area contributed by atoms with Crippen molar-refractivity contribution in [1.29, 1.82) is 0 Å². The molecule has 6 nitrogen and oxygen atoms in total. The molecule has 0 aliphatic heterocycles. The fourth-order valence-electron chi connectivity index (χ4n) is 2.28. The lowest BCUT2D eigenvalue weighted by Gasteiger charge is -2.12. The van der Waals surface area contributed by atoms with E-state index in [0.29, 0.717) is 12.5 Å². The number of thiophene rings is 1. The van der Waals surface area contributed by atoms with E-state index in [2.05, 4.69) is 39.4 Å². The van der Waals surface area contributed by atoms with Crippen LogP contribution in [-0.4, -0.2) is 28.5 Å². The molecule has 0 saturated carbocycles. The van der Waals surface area contributed by atoms with E-state index in [1.165, 1.54) is 16.8 Å². The fraction of sp³-hybridized carbons (Fsp3) is 0.353. The molecule has 0 amide bonds. The van der Waals surface area contributed by atoms with Crippen LogP contribution in [0.5, 0.6) is 0 Å². The fourth-order valence-corrected chi connectivity index (χ4v) is 3.87. The predicted octanol–water partition coefficient (Wildman–Crippen LogP) is 1.97. The number of hydrogen-bond acceptors (Lipinski definition) is 4. The lowest BCUT2D eigenvalue weighted by Crippen LogP contribution is -2.36. The number of sulfonamides is 1. The van der Waals surface area contributed by atoms with E-state index < -0.39 is 10.0 Å². The first kappa shape index (κ1) is 19.4. The largest absolute Gasteiger partial charge is 0.352 e. The average Bonchev–Trinajstić information content (AvgIpc) is 3.00. The van der Waals surface area contributed by atoms with Gasteiger partial charge in [-0.05, 0) is 37.2 Å². The maximum absolute atomic E-state index is 11.7. The third kappa shape index (κ3) is 6.49. The molecule has 2 aromatic rings. The zero-order valence-corrected chi connectivity index (χ0v) is 16.3. The second kappa shape index (κ2) is 8.98. The minimum atomic E-state index is -3.27. The Morgan fingerprint density at radius 2 is 1.84 bits per heavy atom. The van der Waals surface area contributed by atoms with Crippen molar-refractivity contribution in [3.05, 3.63) is 57.3 Å². The van der Waals surface area contributed by atoms with E-state index in [-0.39, 0.29) is 5.75 Å². The molecule has 1 aromatic heterocycles. The average molecular weight is 381 g/mol. The maximum atomic E-state index is 11.7. The number of aryl methyl sites for hydroxylation is 1. The van der Waals surface area contributed by atoms with E-state index in [9.17, 15) is 8.42 Å². The Labute approximate surface area is 153 Å². The number of nitrogens with zero attached hydrogens (tertiary/aromatic N) is 1. The lowest BCUT2D eigenvalue weighted by molar-refractivity contribution is 0.587. The first-order valence-corrected chi connectivity index (χ1v) is 10.4. The molecule has 0 spiro atoms. The molecule has 0 radical (unpaired) electrons. The Morgan fingerprint density at radius 1 is 1.12 bits per heavy atom. The summed E-state index contributed by atoms with van der Waals surface area (Å²) in [5.74, 6) is 0.682. The molecule has 3 N–H and O–H groups in total. The van der Waals surface area contributed by atoms with Gasteiger partial charge in [-0.15, -0.1) is 11.3 Å². The van der Waals surface area contributed by atoms with Gasteiger partial charge < -0.3 is 10.6 Å². The van der Waals surface area contributed by atoms with Crippen molar-refractivity contribution >= 4 is 27.3 Å². The number of rotatable bonds is 7. The van der Waals surface area contributed by atoms with Gasteiger partial charge in [-0.3, -0.25) is 4.99 Å². The molecule has 0 unspecified atom stereocenters. The van der Waals surface area contributed by atoms with Gasteiger partial charge >= 0.3 is 0 Å². The molecule has 0 fully saturated rings. The zero-order chi connectivity index (χ0) is 18.3. The van der Waals surface area contributed by atoms with Gasteiger partial charge in [-0.1, -0.05) is 24.3 Å². The quantitative estimate of drug-likeness (QED) is 0.507. The predicted molar refractivity (Wildman–Crippen MR) is 104 cm³/mol. The van der Waals surface area contributed by atoms with E-state index >= 15 is 0 Å². The second-order valence-corrected chi connectivity index (χ2v) is 8.87. The van der Waals surface area contributed by atoms with Crippen molar-refractivity contribution in [2.75, 3.05) is 14.1 Å². The molecule has 0 aliphatic rings. The van der Waals surface area contributed by atoms with Crippen LogP contribution in [0.25, 0.3) is 0 Å². The second-order valence-electron chi connectivity index (χ2n) is 5.57. The molecule has 8 heteroatoms. The molecule has 1 aromatic carbocycles. The van der Waals surface area contributed by atoms with Crippen molar-refractivity contribution < 1.29 is 8.42 Å². The van der Waals surface area contributed by atoms with Crippen LogP contribution in [0.15, 0.2) is 41.4 Å². The SMILES string of the molecule is CN=C(NCc1cccc(CS(=O)(=O)NC)c1)NCc1ccc(C)s1. The summed E-state index contributed by atoms with van der Waals surface area (Å²) >= 11 is 1.76. The van der Waals surface area contributed by atoms with Crippen molar-refractivity contribution in [2.24, 2.45) is 4.99 Å². The van der Waals surface area contributed by atoms with Gasteiger partial charge in [0.2, 0.25) is 10.0 Å². The van der Waals surface area contributed by atoms with Crippen LogP contribution >= 0.6 is 11.3 Å². The smallest absolute Gasteiger partial charge is 0.215 e. The van der Waals surface area contributed by atoms with Gasteiger partial charge in [0.15, 0.2) is 5.96 Å². The minimum absolute atomic E-state index is 0.0258. The van der Waals surface area contributed by atoms with Gasteiger partial charge in [0.25, 0.3) is 0 Å². The summed E-state index contributed by atoms with van der Waals surface area (Å²) in [6.45, 7) is 3.37. The van der Waals surface area contributed by atoms with Crippen LogP contribution in [0.2, 0.25) is 0 Å². The molecule has 2 rings (SSSR count). The summed E-state index contributed by atoms with van der Waals surface area (Å²) in [6.07, 6.45) is 0. The molecule has 0 bridgehead atoms. The van der Waals surface area contributed by atoms with Crippen LogP contribution in [0.1, 0.15) is 20.9 Å². The van der Waals surface area contributed by atoms with E-state index in [1.54, 1.807) is 18.4 Å². The number of nitrogens with one attached hydrogen (secondary N) is 3. The first-order chi connectivity index (χ1) is 11.9. The Hall–Kier alpha value is -1.90. The van der Waals surface area contributed by atoms with E-state index in [4.69, 9.17) is 0 Å². The summed E-state index contributed by atoms with van der Waals surface area (Å²) < 4.78 is 25.6. The topological polar surface area (TPSA) is 82.6 Å². The Kier molecular flexibility index (Phi) is 6.98. The van der Waals surface area contributed by atoms with Crippen LogP contribution in [0.3, 0.4) is 0 Å². The molecular weight excluding hydrogens is 356 g/mol. The van der Waals surface area contributed by atoms with Crippen molar-refractivity contribution in [3.63, 3.8) is 0 Å². The Balaban J connectivity index is 1.90. The standard InChI is InChI=1S/C17H24N4O2S2/c1-13-7-8-16(24-13)11-21-17(18-2)20-10-14-5-4-6-15(9-14)12-25(22,23)19-3/h4-9,19H,10-12H2,1-3H3,(H2,18,20,21). The molecule has 0 aliphatic carbocycles. The van der Waals surface area contributed by atoms with Gasteiger partial charge in [0.1, 0.15) is 0 Å². The first-order valence-electron chi connectivity index (χ1n) is 7.91. The van der Waals surface area contributed by atoms with Crippen LogP contribution < -0.4 is 15.4 Å². The van der Waals surface area contributed by atoms with Crippen LogP contribution in [0, 0.1) is 6.92 Å². The van der Waals surface area contributed by atoms with Crippen LogP contribution in [0.4, 0.5) is 0 Å². The highest BCUT2D eigenvalue weighted by atomic mass is 32.2. The number of hydrogen-bond donors (Lipinski definition) is 3. The summed E-state index contributed by atoms with van der Waals surface area (Å²) in [6, 6.07) is 11.7. The number of benzene rings is 1. The monoisotopic (exact) mass is 380 g/mol. The zero-order valence-electron chi connectivity index (χ0n) is 14.7. The molecule has 25 heavy (non-hydrogen) atoms. The summed E-state index contributed by atoms with van der Waals surface area (Å²) in [5.41, 5.74) is 1.75. The van der Waals surface area contributed by atoms with Gasteiger partial charge in [-0.2, -0.15) is 0 Å². The molecular formula is C17H24N4O2S2. The van der Waals surface area contributed by atoms with Gasteiger partial charge in [0.05, 0.1) is 12.3 Å². The molecule has 136 valence electrons.